The quantitative estimate of drug-likeness (QED) is 0.539. The minimum Gasteiger partial charge on any atom is -0.385 e. The molecule has 146 valence electrons. The van der Waals surface area contributed by atoms with Gasteiger partial charge in [0.15, 0.2) is 0 Å². The molecule has 0 spiro atoms. The molecular formula is C22H27N5O. The number of hydrogen-bond donors (Lipinski definition) is 2. The molecule has 0 saturated heterocycles. The largest absolute Gasteiger partial charge is 0.385 e. The number of anilines is 4. The van der Waals surface area contributed by atoms with Crippen LogP contribution in [0.15, 0.2) is 60.7 Å². The summed E-state index contributed by atoms with van der Waals surface area (Å²) >= 11 is 0. The summed E-state index contributed by atoms with van der Waals surface area (Å²) in [6.07, 6.45) is 0.893. The van der Waals surface area contributed by atoms with Gasteiger partial charge >= 0.3 is 0 Å². The molecule has 0 bridgehead atoms. The summed E-state index contributed by atoms with van der Waals surface area (Å²) in [5, 5.41) is 6.68. The van der Waals surface area contributed by atoms with E-state index in [1.54, 1.807) is 7.11 Å². The molecule has 2 aromatic carbocycles. The maximum atomic E-state index is 5.11. The van der Waals surface area contributed by atoms with Crippen LogP contribution in [0.4, 0.5) is 23.1 Å². The number of benzene rings is 2. The topological polar surface area (TPSA) is 62.3 Å². The van der Waals surface area contributed by atoms with Gasteiger partial charge in [0.05, 0.1) is 5.69 Å². The SMILES string of the molecule is COCCCNc1nc(Nc2ccc(N(C)C)cc2)cc(-c2ccccc2)n1. The van der Waals surface area contributed by atoms with Gasteiger partial charge in [-0.2, -0.15) is 4.98 Å². The Labute approximate surface area is 166 Å². The summed E-state index contributed by atoms with van der Waals surface area (Å²) in [5.41, 5.74) is 4.06. The first-order valence-corrected chi connectivity index (χ1v) is 9.37. The molecule has 3 aromatic rings. The number of rotatable bonds is 9. The van der Waals surface area contributed by atoms with E-state index < -0.39 is 0 Å². The van der Waals surface area contributed by atoms with E-state index >= 15 is 0 Å². The Kier molecular flexibility index (Phi) is 6.81. The van der Waals surface area contributed by atoms with Gasteiger partial charge in [0.1, 0.15) is 5.82 Å². The van der Waals surface area contributed by atoms with E-state index in [9.17, 15) is 0 Å². The molecule has 0 aliphatic heterocycles. The van der Waals surface area contributed by atoms with Crippen molar-refractivity contribution in [3.05, 3.63) is 60.7 Å². The van der Waals surface area contributed by atoms with Crippen molar-refractivity contribution in [2.75, 3.05) is 49.9 Å². The smallest absolute Gasteiger partial charge is 0.225 e. The van der Waals surface area contributed by atoms with Crippen LogP contribution in [0.2, 0.25) is 0 Å². The van der Waals surface area contributed by atoms with Gasteiger partial charge in [-0.1, -0.05) is 30.3 Å². The maximum absolute atomic E-state index is 5.11. The second kappa shape index (κ2) is 9.71. The summed E-state index contributed by atoms with van der Waals surface area (Å²) in [5.74, 6) is 1.35. The van der Waals surface area contributed by atoms with Crippen LogP contribution >= 0.6 is 0 Å². The third-order valence-corrected chi connectivity index (χ3v) is 4.26. The van der Waals surface area contributed by atoms with E-state index in [0.29, 0.717) is 12.6 Å². The summed E-state index contributed by atoms with van der Waals surface area (Å²) in [4.78, 5) is 11.4. The lowest BCUT2D eigenvalue weighted by molar-refractivity contribution is 0.197. The van der Waals surface area contributed by atoms with Crippen LogP contribution in [0, 0.1) is 0 Å². The van der Waals surface area contributed by atoms with E-state index in [-0.39, 0.29) is 0 Å². The minimum absolute atomic E-state index is 0.602. The summed E-state index contributed by atoms with van der Waals surface area (Å²) in [6, 6.07) is 20.3. The molecule has 0 amide bonds. The Morgan fingerprint density at radius 2 is 1.71 bits per heavy atom. The van der Waals surface area contributed by atoms with Crippen LogP contribution in [0.1, 0.15) is 6.42 Å². The molecule has 0 aliphatic carbocycles. The van der Waals surface area contributed by atoms with E-state index in [0.717, 1.165) is 41.4 Å². The first kappa shape index (κ1) is 19.6. The summed E-state index contributed by atoms with van der Waals surface area (Å²) in [6.45, 7) is 1.46. The first-order valence-electron chi connectivity index (χ1n) is 9.37. The molecule has 2 N–H and O–H groups in total. The van der Waals surface area contributed by atoms with Crippen molar-refractivity contribution in [1.82, 2.24) is 9.97 Å². The van der Waals surface area contributed by atoms with Crippen molar-refractivity contribution in [2.45, 2.75) is 6.42 Å². The van der Waals surface area contributed by atoms with Crippen molar-refractivity contribution in [3.8, 4) is 11.3 Å². The van der Waals surface area contributed by atoms with Gasteiger partial charge in [-0.3, -0.25) is 0 Å². The maximum Gasteiger partial charge on any atom is 0.225 e. The van der Waals surface area contributed by atoms with E-state index in [1.165, 1.54) is 0 Å². The van der Waals surface area contributed by atoms with Crippen LogP contribution < -0.4 is 15.5 Å². The van der Waals surface area contributed by atoms with Crippen molar-refractivity contribution in [2.24, 2.45) is 0 Å². The number of aromatic nitrogens is 2. The second-order valence-electron chi connectivity index (χ2n) is 6.67. The standard InChI is InChI=1S/C22H27N5O/c1-27(2)19-12-10-18(11-13-19)24-21-16-20(17-8-5-4-6-9-17)25-22(26-21)23-14-7-15-28-3/h4-6,8-13,16H,7,14-15H2,1-3H3,(H2,23,24,25,26). The van der Waals surface area contributed by atoms with Crippen LogP contribution in [0.25, 0.3) is 11.3 Å². The number of methoxy groups -OCH3 is 1. The van der Waals surface area contributed by atoms with Crippen LogP contribution in [-0.4, -0.2) is 44.3 Å². The molecule has 1 aromatic heterocycles. The summed E-state index contributed by atoms with van der Waals surface area (Å²) < 4.78 is 5.11. The highest BCUT2D eigenvalue weighted by molar-refractivity contribution is 5.68. The second-order valence-corrected chi connectivity index (χ2v) is 6.67. The zero-order valence-corrected chi connectivity index (χ0v) is 16.6. The van der Waals surface area contributed by atoms with Crippen molar-refractivity contribution >= 4 is 23.1 Å². The zero-order chi connectivity index (χ0) is 19.8. The average Bonchev–Trinajstić information content (AvgIpc) is 2.72. The normalized spacial score (nSPS) is 10.5. The van der Waals surface area contributed by atoms with Gasteiger partial charge < -0.3 is 20.3 Å². The predicted molar refractivity (Wildman–Crippen MR) is 117 cm³/mol. The number of nitrogens with one attached hydrogen (secondary N) is 2. The Balaban J connectivity index is 1.83. The Morgan fingerprint density at radius 1 is 0.964 bits per heavy atom. The number of hydrogen-bond acceptors (Lipinski definition) is 6. The van der Waals surface area contributed by atoms with Gasteiger partial charge in [0.2, 0.25) is 5.95 Å². The van der Waals surface area contributed by atoms with E-state index in [4.69, 9.17) is 4.74 Å². The van der Waals surface area contributed by atoms with Gasteiger partial charge in [-0.15, -0.1) is 0 Å². The first-order chi connectivity index (χ1) is 13.7. The third kappa shape index (κ3) is 5.44. The highest BCUT2D eigenvalue weighted by Gasteiger charge is 2.07. The molecule has 28 heavy (non-hydrogen) atoms. The van der Waals surface area contributed by atoms with Crippen LogP contribution in [-0.2, 0) is 4.74 Å². The number of nitrogens with zero attached hydrogens (tertiary/aromatic N) is 3. The molecule has 6 nitrogen and oxygen atoms in total. The lowest BCUT2D eigenvalue weighted by atomic mass is 10.1. The average molecular weight is 377 g/mol. The Morgan fingerprint density at radius 3 is 2.39 bits per heavy atom. The lowest BCUT2D eigenvalue weighted by Gasteiger charge is -2.14. The molecule has 0 aliphatic rings. The predicted octanol–water partition coefficient (Wildman–Crippen LogP) is 4.40. The molecule has 0 radical (unpaired) electrons. The molecule has 1 heterocycles. The van der Waals surface area contributed by atoms with Gasteiger partial charge in [-0.05, 0) is 30.7 Å². The fourth-order valence-corrected chi connectivity index (χ4v) is 2.75. The van der Waals surface area contributed by atoms with Gasteiger partial charge in [-0.25, -0.2) is 4.98 Å². The molecule has 3 rings (SSSR count). The van der Waals surface area contributed by atoms with Gasteiger partial charge in [0, 0.05) is 57.4 Å². The Bertz CT molecular complexity index is 866. The van der Waals surface area contributed by atoms with E-state index in [2.05, 4.69) is 37.6 Å². The van der Waals surface area contributed by atoms with Crippen molar-refractivity contribution in [3.63, 3.8) is 0 Å². The van der Waals surface area contributed by atoms with Crippen LogP contribution in [0.3, 0.4) is 0 Å². The zero-order valence-electron chi connectivity index (χ0n) is 16.6. The highest BCUT2D eigenvalue weighted by Crippen LogP contribution is 2.24. The molecule has 0 saturated carbocycles. The fraction of sp³-hybridized carbons (Fsp3) is 0.273. The molecule has 0 unspecified atom stereocenters. The van der Waals surface area contributed by atoms with Crippen molar-refractivity contribution < 1.29 is 4.74 Å². The van der Waals surface area contributed by atoms with Crippen molar-refractivity contribution in [1.29, 1.82) is 0 Å². The lowest BCUT2D eigenvalue weighted by Crippen LogP contribution is -2.09. The molecular weight excluding hydrogens is 350 g/mol. The van der Waals surface area contributed by atoms with Gasteiger partial charge in [0.25, 0.3) is 0 Å². The molecule has 0 fully saturated rings. The third-order valence-electron chi connectivity index (χ3n) is 4.26. The summed E-state index contributed by atoms with van der Waals surface area (Å²) in [7, 11) is 5.76. The van der Waals surface area contributed by atoms with E-state index in [1.807, 2.05) is 62.6 Å². The molecule has 0 atom stereocenters. The monoisotopic (exact) mass is 377 g/mol. The Hall–Kier alpha value is -3.12. The van der Waals surface area contributed by atoms with Crippen LogP contribution in [0.5, 0.6) is 0 Å². The highest BCUT2D eigenvalue weighted by atomic mass is 16.5. The number of ether oxygens (including phenoxy) is 1. The minimum atomic E-state index is 0.602. The fourth-order valence-electron chi connectivity index (χ4n) is 2.75. The molecule has 6 heteroatoms.